The van der Waals surface area contributed by atoms with Crippen molar-refractivity contribution in [2.45, 2.75) is 5.03 Å². The summed E-state index contributed by atoms with van der Waals surface area (Å²) in [7, 11) is 4.09. The highest BCUT2D eigenvalue weighted by Gasteiger charge is 2.00. The van der Waals surface area contributed by atoms with Crippen LogP contribution in [0.15, 0.2) is 29.4 Å². The molecule has 12 heavy (non-hydrogen) atoms. The van der Waals surface area contributed by atoms with E-state index in [1.807, 2.05) is 18.2 Å². The molecule has 0 saturated carbocycles. The van der Waals surface area contributed by atoms with Gasteiger partial charge < -0.3 is 5.32 Å². The smallest absolute Gasteiger partial charge is 0.289 e. The van der Waals surface area contributed by atoms with Gasteiger partial charge in [-0.05, 0) is 22.9 Å². The number of hydrogen-bond acceptors (Lipinski definition) is 4. The summed E-state index contributed by atoms with van der Waals surface area (Å²) < 4.78 is 0. The summed E-state index contributed by atoms with van der Waals surface area (Å²) in [6.45, 7) is 0. The Bertz CT molecular complexity index is 253. The molecule has 5 heteroatoms. The Morgan fingerprint density at radius 2 is 2.42 bits per heavy atom. The van der Waals surface area contributed by atoms with Gasteiger partial charge in [-0.2, -0.15) is 0 Å². The first-order valence-corrected chi connectivity index (χ1v) is 5.45. The molecule has 1 heterocycles. The maximum absolute atomic E-state index is 10.8. The molecule has 3 nitrogen and oxygen atoms in total. The van der Waals surface area contributed by atoms with Gasteiger partial charge >= 0.3 is 0 Å². The first-order valence-electron chi connectivity index (χ1n) is 3.30. The average Bonchev–Trinajstić information content (AvgIpc) is 2.16. The van der Waals surface area contributed by atoms with Gasteiger partial charge in [0, 0.05) is 24.0 Å². The maximum Gasteiger partial charge on any atom is 0.289 e. The largest absolute Gasteiger partial charge is 0.349 e. The van der Waals surface area contributed by atoms with Crippen molar-refractivity contribution < 1.29 is 4.79 Å². The number of carbonyl (C=O) groups excluding carboxylic acids is 1. The number of nitrogens with zero attached hydrogens (tertiary/aromatic N) is 1. The van der Waals surface area contributed by atoms with E-state index >= 15 is 0 Å². The minimum Gasteiger partial charge on any atom is -0.349 e. The monoisotopic (exact) mass is 200 g/mol. The van der Waals surface area contributed by atoms with Crippen molar-refractivity contribution in [1.82, 2.24) is 10.3 Å². The van der Waals surface area contributed by atoms with Gasteiger partial charge in [-0.1, -0.05) is 6.07 Å². The quantitative estimate of drug-likeness (QED) is 0.743. The van der Waals surface area contributed by atoms with Gasteiger partial charge in [0.05, 0.1) is 0 Å². The summed E-state index contributed by atoms with van der Waals surface area (Å²) in [5, 5.41) is 3.29. The molecule has 0 aromatic carbocycles. The Morgan fingerprint density at radius 3 is 3.00 bits per heavy atom. The van der Waals surface area contributed by atoms with E-state index in [9.17, 15) is 4.79 Å². The second-order valence-corrected chi connectivity index (χ2v) is 3.99. The summed E-state index contributed by atoms with van der Waals surface area (Å²) in [5.41, 5.74) is 0. The van der Waals surface area contributed by atoms with Crippen molar-refractivity contribution >= 4 is 26.8 Å². The van der Waals surface area contributed by atoms with E-state index in [1.165, 1.54) is 10.8 Å². The van der Waals surface area contributed by atoms with E-state index in [-0.39, 0.29) is 5.24 Å². The zero-order valence-electron chi connectivity index (χ0n) is 6.48. The van der Waals surface area contributed by atoms with Gasteiger partial charge in [0.15, 0.2) is 0 Å². The second-order valence-electron chi connectivity index (χ2n) is 1.87. The molecule has 1 aromatic heterocycles. The summed E-state index contributed by atoms with van der Waals surface area (Å²) in [6, 6.07) is 5.59. The lowest BCUT2D eigenvalue weighted by atomic mass is 10.5. The minimum absolute atomic E-state index is 0.0642. The summed E-state index contributed by atoms with van der Waals surface area (Å²) >= 11 is 0. The van der Waals surface area contributed by atoms with E-state index in [1.54, 1.807) is 13.2 Å². The van der Waals surface area contributed by atoms with Crippen LogP contribution in [0.2, 0.25) is 0 Å². The van der Waals surface area contributed by atoms with Crippen molar-refractivity contribution in [3.8, 4) is 0 Å². The first-order chi connectivity index (χ1) is 5.83. The Kier molecular flexibility index (Phi) is 3.96. The normalized spacial score (nSPS) is 9.42. The van der Waals surface area contributed by atoms with Gasteiger partial charge in [-0.3, -0.25) is 4.79 Å². The van der Waals surface area contributed by atoms with Crippen LogP contribution in [0.25, 0.3) is 0 Å². The molecule has 0 aliphatic carbocycles. The third kappa shape index (κ3) is 3.15. The Labute approximate surface area is 78.7 Å². The number of hydrogen-bond donors (Lipinski definition) is 1. The molecule has 0 spiro atoms. The molecule has 0 radical (unpaired) electrons. The van der Waals surface area contributed by atoms with Crippen LogP contribution in [0.1, 0.15) is 0 Å². The molecule has 0 fully saturated rings. The highest BCUT2D eigenvalue weighted by molar-refractivity contribution is 8.82. The molecule has 1 N–H and O–H groups in total. The van der Waals surface area contributed by atoms with E-state index in [4.69, 9.17) is 0 Å². The van der Waals surface area contributed by atoms with Crippen LogP contribution in [0, 0.1) is 0 Å². The molecular formula is C7H8N2OS2. The third-order valence-electron chi connectivity index (χ3n) is 1.04. The Balaban J connectivity index is 2.38. The molecule has 1 amide bonds. The van der Waals surface area contributed by atoms with Crippen molar-refractivity contribution in [3.05, 3.63) is 24.4 Å². The number of nitrogens with one attached hydrogen (secondary N) is 1. The lowest BCUT2D eigenvalue weighted by Gasteiger charge is -1.96. The second kappa shape index (κ2) is 5.05. The Hall–Kier alpha value is -0.680. The summed E-state index contributed by atoms with van der Waals surface area (Å²) in [5.74, 6) is 0. The molecule has 1 rings (SSSR count). The van der Waals surface area contributed by atoms with Crippen molar-refractivity contribution in [1.29, 1.82) is 0 Å². The van der Waals surface area contributed by atoms with E-state index < -0.39 is 0 Å². The molecule has 1 aromatic rings. The minimum atomic E-state index is -0.0642. The molecule has 0 unspecified atom stereocenters. The highest BCUT2D eigenvalue weighted by Crippen LogP contribution is 2.28. The number of pyridine rings is 1. The first kappa shape index (κ1) is 9.41. The molecular weight excluding hydrogens is 192 g/mol. The summed E-state index contributed by atoms with van der Waals surface area (Å²) in [6.07, 6.45) is 1.70. The van der Waals surface area contributed by atoms with Crippen LogP contribution in [0.4, 0.5) is 4.79 Å². The van der Waals surface area contributed by atoms with Crippen LogP contribution in [-0.2, 0) is 0 Å². The SMILES string of the molecule is CNC(=O)SSc1ccccn1. The van der Waals surface area contributed by atoms with Crippen molar-refractivity contribution in [2.75, 3.05) is 7.05 Å². The van der Waals surface area contributed by atoms with Crippen LogP contribution in [0.5, 0.6) is 0 Å². The standard InChI is InChI=1S/C7H8N2OS2/c1-8-7(10)12-11-6-4-2-3-5-9-6/h2-5H,1H3,(H,8,10). The fraction of sp³-hybridized carbons (Fsp3) is 0.143. The zero-order valence-corrected chi connectivity index (χ0v) is 8.11. The predicted octanol–water partition coefficient (Wildman–Crippen LogP) is 2.16. The van der Waals surface area contributed by atoms with Crippen LogP contribution in [0.3, 0.4) is 0 Å². The molecule has 0 atom stereocenters. The third-order valence-corrected chi connectivity index (χ3v) is 3.11. The van der Waals surface area contributed by atoms with Gasteiger partial charge in [-0.15, -0.1) is 0 Å². The molecule has 0 saturated heterocycles. The maximum atomic E-state index is 10.8. The Morgan fingerprint density at radius 1 is 1.58 bits per heavy atom. The summed E-state index contributed by atoms with van der Waals surface area (Å²) in [4.78, 5) is 14.8. The number of carbonyl (C=O) groups is 1. The van der Waals surface area contributed by atoms with Crippen molar-refractivity contribution in [2.24, 2.45) is 0 Å². The molecule has 0 aliphatic rings. The van der Waals surface area contributed by atoms with Gasteiger partial charge in [0.25, 0.3) is 5.24 Å². The lowest BCUT2D eigenvalue weighted by molar-refractivity contribution is 0.262. The molecule has 0 aliphatic heterocycles. The topological polar surface area (TPSA) is 42.0 Å². The number of aromatic nitrogens is 1. The van der Waals surface area contributed by atoms with Crippen LogP contribution >= 0.6 is 21.6 Å². The van der Waals surface area contributed by atoms with E-state index in [0.717, 1.165) is 15.8 Å². The predicted molar refractivity (Wildman–Crippen MR) is 52.1 cm³/mol. The van der Waals surface area contributed by atoms with E-state index in [0.29, 0.717) is 0 Å². The van der Waals surface area contributed by atoms with Gasteiger partial charge in [0.1, 0.15) is 5.03 Å². The number of amides is 1. The van der Waals surface area contributed by atoms with Crippen molar-refractivity contribution in [3.63, 3.8) is 0 Å². The highest BCUT2D eigenvalue weighted by atomic mass is 33.1. The van der Waals surface area contributed by atoms with Gasteiger partial charge in [0.2, 0.25) is 0 Å². The lowest BCUT2D eigenvalue weighted by Crippen LogP contribution is -2.09. The fourth-order valence-electron chi connectivity index (χ4n) is 0.519. The molecule has 64 valence electrons. The van der Waals surface area contributed by atoms with Crippen LogP contribution in [-0.4, -0.2) is 17.3 Å². The molecule has 0 bridgehead atoms. The average molecular weight is 200 g/mol. The zero-order chi connectivity index (χ0) is 8.81. The van der Waals surface area contributed by atoms with Crippen LogP contribution < -0.4 is 5.32 Å². The van der Waals surface area contributed by atoms with Gasteiger partial charge in [-0.25, -0.2) is 4.98 Å². The fourth-order valence-corrected chi connectivity index (χ4v) is 2.03. The number of rotatable bonds is 2. The van der Waals surface area contributed by atoms with E-state index in [2.05, 4.69) is 10.3 Å².